The minimum absolute atomic E-state index is 0. The topological polar surface area (TPSA) is 88.0 Å². The third-order valence-electron chi connectivity index (χ3n) is 6.19. The fraction of sp³-hybridized carbons (Fsp3) is 0.550. The number of nitrogens with zero attached hydrogens (tertiary/aromatic N) is 1. The second-order valence-corrected chi connectivity index (χ2v) is 7.67. The number of aliphatic carboxylic acids is 1. The van der Waals surface area contributed by atoms with Crippen LogP contribution in [0.1, 0.15) is 50.7 Å². The molecular weight excluding hydrogens is 357 g/mol. The molecule has 140 valence electrons. The van der Waals surface area contributed by atoms with Gasteiger partial charge in [0.05, 0.1) is 24.2 Å². The van der Waals surface area contributed by atoms with Crippen LogP contribution in [0, 0.1) is 11.3 Å². The number of fused-ring (bicyclic) bond motifs is 3. The first-order chi connectivity index (χ1) is 12.3. The Kier molecular flexibility index (Phi) is 6.77. The summed E-state index contributed by atoms with van der Waals surface area (Å²) in [5.74, 6) is -1.53. The van der Waals surface area contributed by atoms with Gasteiger partial charge in [-0.25, -0.2) is 0 Å². The Morgan fingerprint density at radius 3 is 2.63 bits per heavy atom. The summed E-state index contributed by atoms with van der Waals surface area (Å²) in [5.41, 5.74) is 1.96. The summed E-state index contributed by atoms with van der Waals surface area (Å²) in [6.45, 7) is 3.58. The van der Waals surface area contributed by atoms with Crippen LogP contribution >= 0.6 is 0 Å². The van der Waals surface area contributed by atoms with Gasteiger partial charge in [0.25, 0.3) is 0 Å². The van der Waals surface area contributed by atoms with Crippen LogP contribution < -0.4 is 34.7 Å². The number of esters is 1. The standard InChI is InChI=1S/C20H25NO5.Na/c1-19-9-6-10-20(2,18(24)25-3)16(19)11-15(21-26-12-17(22)23)13-7-4-5-8-14(13)19;/h4-5,7-8,16H,6,9-12H2,1-3H3,(H,22,23);/q;+1/p-1/b21-15-;. The number of benzene rings is 1. The maximum absolute atomic E-state index is 12.6. The van der Waals surface area contributed by atoms with Crippen molar-refractivity contribution in [1.82, 2.24) is 0 Å². The molecule has 0 aromatic heterocycles. The molecule has 2 aliphatic carbocycles. The molecule has 0 N–H and O–H groups in total. The Hall–Kier alpha value is -1.37. The maximum Gasteiger partial charge on any atom is 1.00 e. The molecule has 3 atom stereocenters. The molecule has 0 amide bonds. The van der Waals surface area contributed by atoms with Gasteiger partial charge in [-0.2, -0.15) is 0 Å². The SMILES string of the molecule is COC(=O)C1(C)CCCC2(C)c3ccccc3/C(=N\OCC(=O)[O-])CC12.[Na+]. The van der Waals surface area contributed by atoms with Crippen molar-refractivity contribution in [2.75, 3.05) is 13.7 Å². The Bertz CT molecular complexity index is 764. The molecule has 3 unspecified atom stereocenters. The maximum atomic E-state index is 12.6. The molecule has 1 aromatic carbocycles. The normalized spacial score (nSPS) is 30.5. The summed E-state index contributed by atoms with van der Waals surface area (Å²) < 4.78 is 5.13. The second-order valence-electron chi connectivity index (χ2n) is 7.67. The average molecular weight is 381 g/mol. The predicted molar refractivity (Wildman–Crippen MR) is 93.4 cm³/mol. The van der Waals surface area contributed by atoms with E-state index in [4.69, 9.17) is 9.57 Å². The molecule has 3 rings (SSSR count). The van der Waals surface area contributed by atoms with E-state index < -0.39 is 18.0 Å². The van der Waals surface area contributed by atoms with Gasteiger partial charge in [-0.15, -0.1) is 0 Å². The van der Waals surface area contributed by atoms with Crippen LogP contribution in [0.25, 0.3) is 0 Å². The zero-order chi connectivity index (χ0) is 18.9. The molecule has 6 nitrogen and oxygen atoms in total. The van der Waals surface area contributed by atoms with Gasteiger partial charge < -0.3 is 19.5 Å². The minimum Gasteiger partial charge on any atom is -0.546 e. The van der Waals surface area contributed by atoms with Crippen molar-refractivity contribution in [2.24, 2.45) is 16.5 Å². The van der Waals surface area contributed by atoms with Crippen LogP contribution in [-0.2, 0) is 24.6 Å². The van der Waals surface area contributed by atoms with Crippen LogP contribution in [-0.4, -0.2) is 31.4 Å². The Morgan fingerprint density at radius 2 is 1.96 bits per heavy atom. The number of carboxylic acids is 1. The fourth-order valence-corrected chi connectivity index (χ4v) is 4.91. The van der Waals surface area contributed by atoms with Crippen molar-refractivity contribution in [1.29, 1.82) is 0 Å². The smallest absolute Gasteiger partial charge is 0.546 e. The van der Waals surface area contributed by atoms with Gasteiger partial charge in [-0.05, 0) is 43.1 Å². The molecule has 27 heavy (non-hydrogen) atoms. The van der Waals surface area contributed by atoms with E-state index in [1.807, 2.05) is 25.1 Å². The number of carbonyl (C=O) groups excluding carboxylic acids is 2. The van der Waals surface area contributed by atoms with E-state index in [1.165, 1.54) is 7.11 Å². The molecule has 0 spiro atoms. The molecule has 0 aliphatic heterocycles. The minimum atomic E-state index is -1.32. The van der Waals surface area contributed by atoms with Gasteiger partial charge in [0.15, 0.2) is 6.61 Å². The first-order valence-electron chi connectivity index (χ1n) is 8.90. The predicted octanol–water partition coefficient (Wildman–Crippen LogP) is -1.20. The Labute approximate surface area is 181 Å². The van der Waals surface area contributed by atoms with E-state index in [0.717, 1.165) is 30.4 Å². The average Bonchev–Trinajstić information content (AvgIpc) is 2.62. The molecule has 0 saturated heterocycles. The molecule has 1 aromatic rings. The zero-order valence-electron chi connectivity index (χ0n) is 16.4. The van der Waals surface area contributed by atoms with Crippen LogP contribution in [0.15, 0.2) is 29.4 Å². The van der Waals surface area contributed by atoms with Crippen LogP contribution in [0.5, 0.6) is 0 Å². The van der Waals surface area contributed by atoms with Gasteiger partial charge in [0.1, 0.15) is 0 Å². The summed E-state index contributed by atoms with van der Waals surface area (Å²) >= 11 is 0. The van der Waals surface area contributed by atoms with E-state index in [0.29, 0.717) is 12.1 Å². The van der Waals surface area contributed by atoms with Crippen molar-refractivity contribution < 1.29 is 53.8 Å². The third kappa shape index (κ3) is 3.80. The first-order valence-corrected chi connectivity index (χ1v) is 8.90. The molecule has 2 aliphatic rings. The number of carboxylic acid groups (broad SMARTS) is 1. The van der Waals surface area contributed by atoms with Crippen molar-refractivity contribution in [3.8, 4) is 0 Å². The molecule has 0 heterocycles. The van der Waals surface area contributed by atoms with E-state index >= 15 is 0 Å². The van der Waals surface area contributed by atoms with Gasteiger partial charge in [0.2, 0.25) is 0 Å². The first kappa shape index (κ1) is 21.9. The van der Waals surface area contributed by atoms with Gasteiger partial charge in [0, 0.05) is 5.56 Å². The summed E-state index contributed by atoms with van der Waals surface area (Å²) in [6.07, 6.45) is 3.22. The summed E-state index contributed by atoms with van der Waals surface area (Å²) in [5, 5.41) is 14.7. The van der Waals surface area contributed by atoms with Gasteiger partial charge >= 0.3 is 35.5 Å². The summed E-state index contributed by atoms with van der Waals surface area (Å²) in [6, 6.07) is 7.95. The van der Waals surface area contributed by atoms with Gasteiger partial charge in [-0.3, -0.25) is 4.79 Å². The van der Waals surface area contributed by atoms with E-state index in [1.54, 1.807) is 0 Å². The molecular formula is C20H24NNaO5. The number of ether oxygens (including phenoxy) is 1. The molecule has 0 bridgehead atoms. The van der Waals surface area contributed by atoms with Crippen molar-refractivity contribution in [3.63, 3.8) is 0 Å². The summed E-state index contributed by atoms with van der Waals surface area (Å²) in [7, 11) is 1.42. The van der Waals surface area contributed by atoms with Crippen molar-refractivity contribution in [2.45, 2.75) is 44.9 Å². The van der Waals surface area contributed by atoms with E-state index in [9.17, 15) is 14.7 Å². The fourth-order valence-electron chi connectivity index (χ4n) is 4.91. The van der Waals surface area contributed by atoms with Gasteiger partial charge in [-0.1, -0.05) is 42.8 Å². The van der Waals surface area contributed by atoms with E-state index in [-0.39, 0.29) is 46.9 Å². The molecule has 1 fully saturated rings. The second kappa shape index (κ2) is 8.33. The zero-order valence-corrected chi connectivity index (χ0v) is 18.4. The number of carbonyl (C=O) groups is 2. The summed E-state index contributed by atoms with van der Waals surface area (Å²) in [4.78, 5) is 28.2. The number of methoxy groups -OCH3 is 1. The molecule has 7 heteroatoms. The molecule has 0 radical (unpaired) electrons. The molecule has 1 saturated carbocycles. The Morgan fingerprint density at radius 1 is 1.26 bits per heavy atom. The Balaban J connectivity index is 0.00000261. The number of hydrogen-bond acceptors (Lipinski definition) is 6. The number of hydrogen-bond donors (Lipinski definition) is 0. The largest absolute Gasteiger partial charge is 1.00 e. The van der Waals surface area contributed by atoms with Crippen molar-refractivity contribution >= 4 is 17.7 Å². The van der Waals surface area contributed by atoms with Crippen molar-refractivity contribution in [3.05, 3.63) is 35.4 Å². The monoisotopic (exact) mass is 381 g/mol. The van der Waals surface area contributed by atoms with E-state index in [2.05, 4.69) is 18.1 Å². The quantitative estimate of drug-likeness (QED) is 0.372. The number of rotatable bonds is 4. The van der Waals surface area contributed by atoms with Crippen LogP contribution in [0.2, 0.25) is 0 Å². The third-order valence-corrected chi connectivity index (χ3v) is 6.19. The van der Waals surface area contributed by atoms with Crippen LogP contribution in [0.3, 0.4) is 0 Å². The number of oxime groups is 1. The van der Waals surface area contributed by atoms with Crippen LogP contribution in [0.4, 0.5) is 0 Å².